The molecule has 20 heavy (non-hydrogen) atoms. The third-order valence-electron chi connectivity index (χ3n) is 2.84. The number of anilines is 1. The molecule has 0 fully saturated rings. The molecule has 1 aliphatic heterocycles. The van der Waals surface area contributed by atoms with Crippen LogP contribution in [-0.2, 0) is 0 Å². The van der Waals surface area contributed by atoms with Gasteiger partial charge in [-0.05, 0) is 47.3 Å². The van der Waals surface area contributed by atoms with Crippen LogP contribution in [0.5, 0.6) is 0 Å². The van der Waals surface area contributed by atoms with E-state index in [-0.39, 0.29) is 18.4 Å². The Hall–Kier alpha value is -1.27. The summed E-state index contributed by atoms with van der Waals surface area (Å²) in [7, 11) is 0. The fraction of sp³-hybridized carbons (Fsp3) is 0.385. The van der Waals surface area contributed by atoms with Gasteiger partial charge in [0, 0.05) is 17.6 Å². The van der Waals surface area contributed by atoms with E-state index >= 15 is 0 Å². The van der Waals surface area contributed by atoms with Gasteiger partial charge in [-0.3, -0.25) is 10.3 Å². The van der Waals surface area contributed by atoms with Gasteiger partial charge in [-0.25, -0.2) is 4.79 Å². The van der Waals surface area contributed by atoms with Crippen LogP contribution >= 0.6 is 28.3 Å². The van der Waals surface area contributed by atoms with Crippen LogP contribution in [0, 0.1) is 6.92 Å². The van der Waals surface area contributed by atoms with Crippen molar-refractivity contribution in [3.63, 3.8) is 0 Å². The normalized spacial score (nSPS) is 14.2. The first-order valence-electron chi connectivity index (χ1n) is 6.28. The number of guanidine groups is 1. The molecule has 5 nitrogen and oxygen atoms in total. The van der Waals surface area contributed by atoms with Crippen LogP contribution in [-0.4, -0.2) is 25.1 Å². The topological polar surface area (TPSA) is 65.5 Å². The lowest BCUT2D eigenvalue weighted by molar-refractivity contribution is 0.256. The molecule has 0 aromatic heterocycles. The summed E-state index contributed by atoms with van der Waals surface area (Å²) in [6, 6.07) is 5.48. The van der Waals surface area contributed by atoms with Crippen LogP contribution in [0.1, 0.15) is 18.4 Å². The smallest absolute Gasteiger partial charge is 0.326 e. The number of amides is 2. The van der Waals surface area contributed by atoms with Crippen molar-refractivity contribution in [3.8, 4) is 0 Å². The van der Waals surface area contributed by atoms with Crippen LogP contribution < -0.4 is 16.0 Å². The van der Waals surface area contributed by atoms with Crippen molar-refractivity contribution in [1.82, 2.24) is 10.6 Å². The van der Waals surface area contributed by atoms with Crippen LogP contribution in [0.3, 0.4) is 0 Å². The Morgan fingerprint density at radius 3 is 2.90 bits per heavy atom. The number of para-hydroxylation sites is 1. The van der Waals surface area contributed by atoms with Crippen molar-refractivity contribution in [2.45, 2.75) is 19.8 Å². The lowest BCUT2D eigenvalue weighted by Crippen LogP contribution is -2.43. The number of halogens is 2. The number of hydrogen-bond donors (Lipinski definition) is 3. The maximum Gasteiger partial charge on any atom is 0.326 e. The van der Waals surface area contributed by atoms with E-state index in [1.165, 1.54) is 0 Å². The number of aliphatic imine (C=N–C) groups is 1. The average molecular weight is 362 g/mol. The standard InChI is InChI=1S/C13H17BrN4O.ClH/c1-9-5-4-6-10(14)11(9)17-13(19)18-12-15-7-2-3-8-16-12;/h4-6H,2-3,7-8H2,1H3,(H3,15,16,17,18,19);1H. The summed E-state index contributed by atoms with van der Waals surface area (Å²) in [6.07, 6.45) is 2.11. The van der Waals surface area contributed by atoms with E-state index in [9.17, 15) is 4.79 Å². The fourth-order valence-corrected chi connectivity index (χ4v) is 2.38. The number of rotatable bonds is 1. The molecule has 0 atom stereocenters. The van der Waals surface area contributed by atoms with Crippen molar-refractivity contribution in [2.24, 2.45) is 4.99 Å². The van der Waals surface area contributed by atoms with Gasteiger partial charge in [0.1, 0.15) is 0 Å². The Labute approximate surface area is 133 Å². The highest BCUT2D eigenvalue weighted by molar-refractivity contribution is 9.10. The average Bonchev–Trinajstić information content (AvgIpc) is 2.63. The summed E-state index contributed by atoms with van der Waals surface area (Å²) in [5.41, 5.74) is 1.77. The predicted molar refractivity (Wildman–Crippen MR) is 87.8 cm³/mol. The number of urea groups is 1. The van der Waals surface area contributed by atoms with Crippen LogP contribution in [0.4, 0.5) is 10.5 Å². The minimum atomic E-state index is -0.289. The molecule has 2 rings (SSSR count). The second-order valence-corrected chi connectivity index (χ2v) is 5.23. The lowest BCUT2D eigenvalue weighted by Gasteiger charge is -2.13. The first-order valence-corrected chi connectivity index (χ1v) is 7.07. The highest BCUT2D eigenvalue weighted by atomic mass is 79.9. The molecule has 3 N–H and O–H groups in total. The second-order valence-electron chi connectivity index (χ2n) is 4.38. The van der Waals surface area contributed by atoms with E-state index in [0.717, 1.165) is 41.7 Å². The molecular weight excluding hydrogens is 344 g/mol. The van der Waals surface area contributed by atoms with Gasteiger partial charge >= 0.3 is 6.03 Å². The lowest BCUT2D eigenvalue weighted by atomic mass is 10.2. The Kier molecular flexibility index (Phi) is 6.81. The Morgan fingerprint density at radius 1 is 1.35 bits per heavy atom. The molecule has 1 heterocycles. The first kappa shape index (κ1) is 16.8. The quantitative estimate of drug-likeness (QED) is 0.720. The summed E-state index contributed by atoms with van der Waals surface area (Å²) in [5, 5.41) is 8.65. The SMILES string of the molecule is Cc1cccc(Br)c1NC(=O)NC1=NCCCCN1.Cl. The molecule has 0 radical (unpaired) electrons. The Balaban J connectivity index is 0.00000200. The summed E-state index contributed by atoms with van der Waals surface area (Å²) in [6.45, 7) is 3.53. The molecule has 110 valence electrons. The largest absolute Gasteiger partial charge is 0.356 e. The summed E-state index contributed by atoms with van der Waals surface area (Å²) < 4.78 is 0.860. The molecule has 1 aromatic carbocycles. The van der Waals surface area contributed by atoms with Gasteiger partial charge in [-0.2, -0.15) is 0 Å². The molecule has 0 spiro atoms. The maximum absolute atomic E-state index is 11.9. The molecule has 0 unspecified atom stereocenters. The van der Waals surface area contributed by atoms with Crippen molar-refractivity contribution in [3.05, 3.63) is 28.2 Å². The first-order chi connectivity index (χ1) is 9.16. The van der Waals surface area contributed by atoms with E-state index < -0.39 is 0 Å². The third kappa shape index (κ3) is 4.68. The minimum absolute atomic E-state index is 0. The highest BCUT2D eigenvalue weighted by Gasteiger charge is 2.10. The zero-order chi connectivity index (χ0) is 13.7. The number of nitrogens with one attached hydrogen (secondary N) is 3. The minimum Gasteiger partial charge on any atom is -0.356 e. The van der Waals surface area contributed by atoms with Crippen molar-refractivity contribution < 1.29 is 4.79 Å². The van der Waals surface area contributed by atoms with Gasteiger partial charge in [0.05, 0.1) is 5.69 Å². The van der Waals surface area contributed by atoms with Gasteiger partial charge in [0.25, 0.3) is 0 Å². The zero-order valence-electron chi connectivity index (χ0n) is 11.2. The summed E-state index contributed by atoms with van der Waals surface area (Å²) in [5.74, 6) is 0.541. The van der Waals surface area contributed by atoms with E-state index in [0.29, 0.717) is 5.96 Å². The van der Waals surface area contributed by atoms with Gasteiger partial charge in [0.2, 0.25) is 0 Å². The summed E-state index contributed by atoms with van der Waals surface area (Å²) >= 11 is 3.42. The molecule has 0 saturated carbocycles. The molecule has 7 heteroatoms. The fourth-order valence-electron chi connectivity index (χ4n) is 1.82. The maximum atomic E-state index is 11.9. The molecular formula is C13H18BrClN4O. The Morgan fingerprint density at radius 2 is 2.15 bits per heavy atom. The van der Waals surface area contributed by atoms with Crippen molar-refractivity contribution in [2.75, 3.05) is 18.4 Å². The highest BCUT2D eigenvalue weighted by Crippen LogP contribution is 2.25. The number of carbonyl (C=O) groups excluding carboxylic acids is 1. The molecule has 2 amide bonds. The number of hydrogen-bond acceptors (Lipinski definition) is 3. The van der Waals surface area contributed by atoms with Gasteiger partial charge in [0.15, 0.2) is 5.96 Å². The second kappa shape index (κ2) is 8.11. The van der Waals surface area contributed by atoms with E-state index in [1.807, 2.05) is 25.1 Å². The molecule has 0 bridgehead atoms. The number of aryl methyl sites for hydroxylation is 1. The summed E-state index contributed by atoms with van der Waals surface area (Å²) in [4.78, 5) is 16.2. The zero-order valence-corrected chi connectivity index (χ0v) is 13.6. The molecule has 1 aliphatic rings. The van der Waals surface area contributed by atoms with Gasteiger partial charge < -0.3 is 10.6 Å². The van der Waals surface area contributed by atoms with Crippen LogP contribution in [0.25, 0.3) is 0 Å². The van der Waals surface area contributed by atoms with E-state index in [4.69, 9.17) is 0 Å². The third-order valence-corrected chi connectivity index (χ3v) is 3.50. The number of carbonyl (C=O) groups is 1. The monoisotopic (exact) mass is 360 g/mol. The van der Waals surface area contributed by atoms with E-state index in [1.54, 1.807) is 0 Å². The molecule has 0 aliphatic carbocycles. The van der Waals surface area contributed by atoms with Crippen molar-refractivity contribution >= 4 is 46.0 Å². The van der Waals surface area contributed by atoms with Crippen LogP contribution in [0.15, 0.2) is 27.7 Å². The van der Waals surface area contributed by atoms with E-state index in [2.05, 4.69) is 36.9 Å². The van der Waals surface area contributed by atoms with Crippen LogP contribution in [0.2, 0.25) is 0 Å². The predicted octanol–water partition coefficient (Wildman–Crippen LogP) is 3.04. The van der Waals surface area contributed by atoms with Gasteiger partial charge in [-0.1, -0.05) is 12.1 Å². The molecule has 1 aromatic rings. The number of nitrogens with zero attached hydrogens (tertiary/aromatic N) is 1. The number of benzene rings is 1. The van der Waals surface area contributed by atoms with Crippen molar-refractivity contribution in [1.29, 1.82) is 0 Å². The Bertz CT molecular complexity index is 487. The van der Waals surface area contributed by atoms with Gasteiger partial charge in [-0.15, -0.1) is 12.4 Å². The molecule has 0 saturated heterocycles.